The number of amides is 2. The van der Waals surface area contributed by atoms with Gasteiger partial charge in [-0.3, -0.25) is 9.59 Å². The van der Waals surface area contributed by atoms with E-state index in [0.717, 1.165) is 37.2 Å². The number of hydrogen-bond acceptors (Lipinski definition) is 3. The van der Waals surface area contributed by atoms with Crippen LogP contribution in [-0.4, -0.2) is 43.0 Å². The number of benzene rings is 1. The van der Waals surface area contributed by atoms with E-state index in [0.29, 0.717) is 12.8 Å². The van der Waals surface area contributed by atoms with Gasteiger partial charge in [-0.15, -0.1) is 0 Å². The summed E-state index contributed by atoms with van der Waals surface area (Å²) in [6.45, 7) is 5.58. The Morgan fingerprint density at radius 3 is 2.32 bits per heavy atom. The predicted octanol–water partition coefficient (Wildman–Crippen LogP) is 2.78. The molecule has 1 saturated heterocycles. The average Bonchev–Trinajstić information content (AvgIpc) is 2.64. The third kappa shape index (κ3) is 5.76. The second-order valence-corrected chi connectivity index (χ2v) is 7.02. The Morgan fingerprint density at radius 1 is 1.12 bits per heavy atom. The summed E-state index contributed by atoms with van der Waals surface area (Å²) >= 11 is 0. The third-order valence-corrected chi connectivity index (χ3v) is 4.72. The molecule has 5 nitrogen and oxygen atoms in total. The summed E-state index contributed by atoms with van der Waals surface area (Å²) in [5, 5.41) is 2.95. The molecule has 2 rings (SSSR count). The molecular weight excluding hydrogens is 316 g/mol. The second-order valence-electron chi connectivity index (χ2n) is 7.02. The number of piperidine rings is 1. The van der Waals surface area contributed by atoms with E-state index in [1.807, 2.05) is 43.0 Å². The van der Waals surface area contributed by atoms with Crippen molar-refractivity contribution in [2.24, 2.45) is 5.92 Å². The second kappa shape index (κ2) is 9.44. The molecule has 138 valence electrons. The fraction of sp³-hybridized carbons (Fsp3) is 0.600. The largest absolute Gasteiger partial charge is 0.497 e. The Hall–Kier alpha value is -2.04. The molecule has 0 radical (unpaired) electrons. The van der Waals surface area contributed by atoms with Crippen LogP contribution in [0.5, 0.6) is 5.75 Å². The molecule has 25 heavy (non-hydrogen) atoms. The molecule has 5 heteroatoms. The molecule has 1 N–H and O–H groups in total. The van der Waals surface area contributed by atoms with Crippen molar-refractivity contribution in [3.63, 3.8) is 0 Å². The van der Waals surface area contributed by atoms with Gasteiger partial charge in [0.15, 0.2) is 0 Å². The van der Waals surface area contributed by atoms with Crippen molar-refractivity contribution in [1.82, 2.24) is 10.2 Å². The molecule has 0 aromatic heterocycles. The highest BCUT2D eigenvalue weighted by Gasteiger charge is 2.29. The van der Waals surface area contributed by atoms with Gasteiger partial charge in [0.05, 0.1) is 7.11 Å². The van der Waals surface area contributed by atoms with E-state index in [2.05, 4.69) is 5.32 Å². The molecular formula is C20H30N2O3. The predicted molar refractivity (Wildman–Crippen MR) is 98.5 cm³/mol. The van der Waals surface area contributed by atoms with Crippen LogP contribution < -0.4 is 10.1 Å². The molecule has 0 spiro atoms. The minimum Gasteiger partial charge on any atom is -0.497 e. The maximum absolute atomic E-state index is 12.7. The Morgan fingerprint density at radius 2 is 1.76 bits per heavy atom. The lowest BCUT2D eigenvalue weighted by atomic mass is 10.0. The van der Waals surface area contributed by atoms with E-state index >= 15 is 0 Å². The minimum absolute atomic E-state index is 0.0625. The number of nitrogens with zero attached hydrogens (tertiary/aromatic N) is 1. The number of methoxy groups -OCH3 is 1. The highest BCUT2D eigenvalue weighted by atomic mass is 16.5. The van der Waals surface area contributed by atoms with E-state index in [1.165, 1.54) is 6.42 Å². The lowest BCUT2D eigenvalue weighted by Gasteiger charge is -2.32. The van der Waals surface area contributed by atoms with Gasteiger partial charge in [-0.1, -0.05) is 26.0 Å². The molecule has 2 amide bonds. The molecule has 1 fully saturated rings. The normalized spacial score (nSPS) is 15.8. The number of aryl methyl sites for hydroxylation is 1. The smallest absolute Gasteiger partial charge is 0.245 e. The zero-order valence-corrected chi connectivity index (χ0v) is 15.6. The van der Waals surface area contributed by atoms with Crippen molar-refractivity contribution < 1.29 is 14.3 Å². The molecule has 0 bridgehead atoms. The van der Waals surface area contributed by atoms with Gasteiger partial charge < -0.3 is 15.0 Å². The van der Waals surface area contributed by atoms with E-state index < -0.39 is 6.04 Å². The monoisotopic (exact) mass is 346 g/mol. The molecule has 1 heterocycles. The van der Waals surface area contributed by atoms with Crippen molar-refractivity contribution in [2.75, 3.05) is 20.2 Å². The zero-order valence-electron chi connectivity index (χ0n) is 15.6. The molecule has 0 aliphatic carbocycles. The Labute approximate surface area is 150 Å². The third-order valence-electron chi connectivity index (χ3n) is 4.72. The van der Waals surface area contributed by atoms with Crippen LogP contribution in [-0.2, 0) is 16.0 Å². The number of carbonyl (C=O) groups is 2. The van der Waals surface area contributed by atoms with Gasteiger partial charge in [-0.2, -0.15) is 0 Å². The number of likely N-dealkylation sites (tertiary alicyclic amines) is 1. The first-order valence-electron chi connectivity index (χ1n) is 9.22. The van der Waals surface area contributed by atoms with Crippen LogP contribution in [0.3, 0.4) is 0 Å². The Balaban J connectivity index is 1.87. The summed E-state index contributed by atoms with van der Waals surface area (Å²) in [5.74, 6) is 0.881. The number of carbonyl (C=O) groups excluding carboxylic acids is 2. The average molecular weight is 346 g/mol. The van der Waals surface area contributed by atoms with Crippen molar-refractivity contribution in [1.29, 1.82) is 0 Å². The lowest BCUT2D eigenvalue weighted by molar-refractivity contribution is -0.138. The standard InChI is InChI=1S/C20H30N2O3/c1-15(2)19(20(24)22-13-5-4-6-14-22)21-18(23)12-9-16-7-10-17(25-3)11-8-16/h7-8,10-11,15,19H,4-6,9,12-14H2,1-3H3,(H,21,23)/t19-/m1/s1. The first-order chi connectivity index (χ1) is 12.0. The van der Waals surface area contributed by atoms with E-state index in [9.17, 15) is 9.59 Å². The van der Waals surface area contributed by atoms with Crippen molar-refractivity contribution in [3.05, 3.63) is 29.8 Å². The van der Waals surface area contributed by atoms with Crippen LogP contribution in [0.4, 0.5) is 0 Å². The van der Waals surface area contributed by atoms with E-state index in [-0.39, 0.29) is 17.7 Å². The van der Waals surface area contributed by atoms with Crippen LogP contribution in [0.25, 0.3) is 0 Å². The van der Waals surface area contributed by atoms with Gasteiger partial charge in [0.2, 0.25) is 11.8 Å². The summed E-state index contributed by atoms with van der Waals surface area (Å²) in [4.78, 5) is 27.0. The first kappa shape index (κ1) is 19.3. The molecule has 1 atom stereocenters. The van der Waals surface area contributed by atoms with E-state index in [4.69, 9.17) is 4.74 Å². The van der Waals surface area contributed by atoms with Crippen molar-refractivity contribution in [3.8, 4) is 5.75 Å². The summed E-state index contributed by atoms with van der Waals surface area (Å²) in [6.07, 6.45) is 4.33. The lowest BCUT2D eigenvalue weighted by Crippen LogP contribution is -2.52. The molecule has 0 unspecified atom stereocenters. The van der Waals surface area contributed by atoms with Crippen LogP contribution in [0.2, 0.25) is 0 Å². The van der Waals surface area contributed by atoms with Gasteiger partial charge in [-0.25, -0.2) is 0 Å². The summed E-state index contributed by atoms with van der Waals surface area (Å²) < 4.78 is 5.14. The van der Waals surface area contributed by atoms with Crippen LogP contribution >= 0.6 is 0 Å². The summed E-state index contributed by atoms with van der Waals surface area (Å²) in [5.41, 5.74) is 1.08. The topological polar surface area (TPSA) is 58.6 Å². The zero-order chi connectivity index (χ0) is 18.2. The summed E-state index contributed by atoms with van der Waals surface area (Å²) in [7, 11) is 1.63. The Bertz CT molecular complexity index is 563. The highest BCUT2D eigenvalue weighted by molar-refractivity contribution is 5.88. The number of rotatable bonds is 7. The number of hydrogen-bond donors (Lipinski definition) is 1. The van der Waals surface area contributed by atoms with Gasteiger partial charge >= 0.3 is 0 Å². The van der Waals surface area contributed by atoms with E-state index in [1.54, 1.807) is 7.11 Å². The van der Waals surface area contributed by atoms with Crippen molar-refractivity contribution in [2.45, 2.75) is 52.0 Å². The molecule has 1 aliphatic heterocycles. The molecule has 1 aromatic rings. The van der Waals surface area contributed by atoms with Gasteiger partial charge in [0.25, 0.3) is 0 Å². The quantitative estimate of drug-likeness (QED) is 0.826. The van der Waals surface area contributed by atoms with Crippen LogP contribution in [0.1, 0.15) is 45.1 Å². The van der Waals surface area contributed by atoms with Gasteiger partial charge in [0, 0.05) is 19.5 Å². The molecule has 1 aliphatic rings. The Kier molecular flexibility index (Phi) is 7.29. The highest BCUT2D eigenvalue weighted by Crippen LogP contribution is 2.15. The summed E-state index contributed by atoms with van der Waals surface area (Å²) in [6, 6.07) is 7.28. The first-order valence-corrected chi connectivity index (χ1v) is 9.22. The van der Waals surface area contributed by atoms with Crippen molar-refractivity contribution >= 4 is 11.8 Å². The number of nitrogens with one attached hydrogen (secondary N) is 1. The number of ether oxygens (including phenoxy) is 1. The van der Waals surface area contributed by atoms with Gasteiger partial charge in [0.1, 0.15) is 11.8 Å². The maximum atomic E-state index is 12.7. The fourth-order valence-electron chi connectivity index (χ4n) is 3.12. The SMILES string of the molecule is COc1ccc(CCC(=O)N[C@@H](C(=O)N2CCCCC2)C(C)C)cc1. The van der Waals surface area contributed by atoms with Crippen LogP contribution in [0, 0.1) is 5.92 Å². The maximum Gasteiger partial charge on any atom is 0.245 e. The molecule has 1 aromatic carbocycles. The minimum atomic E-state index is -0.429. The van der Waals surface area contributed by atoms with Crippen LogP contribution in [0.15, 0.2) is 24.3 Å². The fourth-order valence-corrected chi connectivity index (χ4v) is 3.12. The van der Waals surface area contributed by atoms with Gasteiger partial charge in [-0.05, 0) is 49.3 Å². The molecule has 0 saturated carbocycles.